The summed E-state index contributed by atoms with van der Waals surface area (Å²) in [4.78, 5) is 0. The Hall–Kier alpha value is -0.280. The highest BCUT2D eigenvalue weighted by Crippen LogP contribution is 1.93. The molecule has 19 heavy (non-hydrogen) atoms. The fourth-order valence-electron chi connectivity index (χ4n) is 1.33. The number of rotatable bonds is 14. The molecule has 0 aliphatic rings. The van der Waals surface area contributed by atoms with Gasteiger partial charge in [-0.1, -0.05) is 0 Å². The third kappa shape index (κ3) is 13.9. The van der Waals surface area contributed by atoms with Gasteiger partial charge in [0, 0.05) is 0 Å². The highest BCUT2D eigenvalue weighted by Gasteiger charge is 2.07. The Morgan fingerprint density at radius 2 is 1.16 bits per heavy atom. The number of aliphatic hydroxyl groups excluding tert-OH is 2. The van der Waals surface area contributed by atoms with Gasteiger partial charge in [0.2, 0.25) is 0 Å². The second-order valence-electron chi connectivity index (χ2n) is 3.86. The molecule has 0 aromatic rings. The van der Waals surface area contributed by atoms with Crippen LogP contribution in [0.1, 0.15) is 13.8 Å². The molecule has 0 aromatic heterocycles. The van der Waals surface area contributed by atoms with Gasteiger partial charge in [0.25, 0.3) is 0 Å². The molecule has 2 unspecified atom stereocenters. The van der Waals surface area contributed by atoms with Crippen LogP contribution < -0.4 is 5.32 Å². The van der Waals surface area contributed by atoms with Crippen molar-refractivity contribution in [1.82, 2.24) is 5.32 Å². The van der Waals surface area contributed by atoms with Crippen molar-refractivity contribution in [2.75, 3.05) is 52.9 Å². The summed E-state index contributed by atoms with van der Waals surface area (Å²) in [5.41, 5.74) is 0. The quantitative estimate of drug-likeness (QED) is 0.287. The van der Waals surface area contributed by atoms with Gasteiger partial charge in [0.15, 0.2) is 0 Å². The van der Waals surface area contributed by atoms with Crippen LogP contribution in [-0.2, 0) is 18.9 Å². The van der Waals surface area contributed by atoms with Crippen molar-refractivity contribution < 1.29 is 29.2 Å². The molecule has 0 saturated heterocycles. The smallest absolute Gasteiger partial charge is 0.107 e. The first kappa shape index (κ1) is 18.7. The Labute approximate surface area is 114 Å². The Kier molecular flexibility index (Phi) is 13.9. The average Bonchev–Trinajstić information content (AvgIpc) is 2.38. The summed E-state index contributed by atoms with van der Waals surface area (Å²) in [6.45, 7) is 6.31. The zero-order valence-electron chi connectivity index (χ0n) is 11.8. The van der Waals surface area contributed by atoms with Gasteiger partial charge in [0.05, 0.1) is 52.9 Å². The second-order valence-corrected chi connectivity index (χ2v) is 3.86. The van der Waals surface area contributed by atoms with Crippen LogP contribution in [0.15, 0.2) is 0 Å². The van der Waals surface area contributed by atoms with Crippen molar-refractivity contribution in [1.29, 1.82) is 0 Å². The second kappa shape index (κ2) is 14.1. The van der Waals surface area contributed by atoms with E-state index in [1.54, 1.807) is 0 Å². The van der Waals surface area contributed by atoms with E-state index in [1.807, 2.05) is 13.8 Å². The lowest BCUT2D eigenvalue weighted by molar-refractivity contribution is -0.0586. The number of nitrogens with one attached hydrogen (secondary N) is 1. The summed E-state index contributed by atoms with van der Waals surface area (Å²) in [7, 11) is 0. The SMILES string of the molecule is CC(NC(C)OCCOCCO)OCCOCCO. The Morgan fingerprint density at radius 1 is 0.737 bits per heavy atom. The summed E-state index contributed by atoms with van der Waals surface area (Å²) in [6.07, 6.45) is -0.294. The normalized spacial score (nSPS) is 14.5. The van der Waals surface area contributed by atoms with Gasteiger partial charge in [-0.05, 0) is 13.8 Å². The molecule has 0 bridgehead atoms. The van der Waals surface area contributed by atoms with Gasteiger partial charge < -0.3 is 29.2 Å². The monoisotopic (exact) mass is 281 g/mol. The summed E-state index contributed by atoms with van der Waals surface area (Å²) in [5, 5.41) is 20.1. The minimum Gasteiger partial charge on any atom is -0.394 e. The minimum atomic E-state index is -0.147. The number of hydrogen-bond acceptors (Lipinski definition) is 7. The predicted molar refractivity (Wildman–Crippen MR) is 69.8 cm³/mol. The van der Waals surface area contributed by atoms with E-state index in [0.717, 1.165) is 0 Å². The summed E-state index contributed by atoms with van der Waals surface area (Å²) in [6, 6.07) is 0. The zero-order chi connectivity index (χ0) is 14.3. The molecule has 7 nitrogen and oxygen atoms in total. The first-order valence-corrected chi connectivity index (χ1v) is 6.57. The lowest BCUT2D eigenvalue weighted by Crippen LogP contribution is -2.39. The topological polar surface area (TPSA) is 89.4 Å². The van der Waals surface area contributed by atoms with Crippen molar-refractivity contribution in [2.24, 2.45) is 0 Å². The third-order valence-electron chi connectivity index (χ3n) is 2.13. The van der Waals surface area contributed by atoms with Crippen molar-refractivity contribution in [3.63, 3.8) is 0 Å². The lowest BCUT2D eigenvalue weighted by atomic mass is 10.5. The van der Waals surface area contributed by atoms with Crippen LogP contribution >= 0.6 is 0 Å². The maximum absolute atomic E-state index is 8.51. The molecule has 0 radical (unpaired) electrons. The number of hydrogen-bond donors (Lipinski definition) is 3. The van der Waals surface area contributed by atoms with E-state index in [0.29, 0.717) is 39.6 Å². The lowest BCUT2D eigenvalue weighted by Gasteiger charge is -2.20. The van der Waals surface area contributed by atoms with Gasteiger partial charge in [-0.2, -0.15) is 0 Å². The highest BCUT2D eigenvalue weighted by molar-refractivity contribution is 4.51. The molecule has 0 spiro atoms. The molecule has 0 saturated carbocycles. The van der Waals surface area contributed by atoms with Gasteiger partial charge in [0.1, 0.15) is 12.5 Å². The molecule has 0 heterocycles. The van der Waals surface area contributed by atoms with Crippen LogP contribution in [0.5, 0.6) is 0 Å². The van der Waals surface area contributed by atoms with E-state index < -0.39 is 0 Å². The van der Waals surface area contributed by atoms with Gasteiger partial charge in [-0.15, -0.1) is 0 Å². The molecule has 7 heteroatoms. The largest absolute Gasteiger partial charge is 0.394 e. The first-order chi connectivity index (χ1) is 9.20. The van der Waals surface area contributed by atoms with E-state index in [9.17, 15) is 0 Å². The van der Waals surface area contributed by atoms with Crippen molar-refractivity contribution >= 4 is 0 Å². The predicted octanol–water partition coefficient (Wildman–Crippen LogP) is -0.681. The van der Waals surface area contributed by atoms with E-state index in [-0.39, 0.29) is 25.7 Å². The molecule has 2 atom stereocenters. The molecule has 0 amide bonds. The zero-order valence-corrected chi connectivity index (χ0v) is 11.8. The fourth-order valence-corrected chi connectivity index (χ4v) is 1.33. The molecule has 0 aliphatic heterocycles. The fraction of sp³-hybridized carbons (Fsp3) is 1.00. The van der Waals surface area contributed by atoms with Crippen LogP contribution in [0.4, 0.5) is 0 Å². The summed E-state index contributed by atoms with van der Waals surface area (Å²) < 4.78 is 21.0. The van der Waals surface area contributed by atoms with Crippen LogP contribution in [0, 0.1) is 0 Å². The molecule has 0 aliphatic carbocycles. The van der Waals surface area contributed by atoms with E-state index in [1.165, 1.54) is 0 Å². The van der Waals surface area contributed by atoms with Crippen LogP contribution in [0.3, 0.4) is 0 Å². The first-order valence-electron chi connectivity index (χ1n) is 6.57. The standard InChI is InChI=1S/C12H27NO6/c1-11(18-9-7-16-5-3-14)13-12(2)19-10-8-17-6-4-15/h11-15H,3-10H2,1-2H3. The maximum Gasteiger partial charge on any atom is 0.107 e. The van der Waals surface area contributed by atoms with Crippen LogP contribution in [-0.4, -0.2) is 75.5 Å². The molecule has 116 valence electrons. The number of ether oxygens (including phenoxy) is 4. The van der Waals surface area contributed by atoms with E-state index in [4.69, 9.17) is 29.2 Å². The van der Waals surface area contributed by atoms with Gasteiger partial charge >= 0.3 is 0 Å². The van der Waals surface area contributed by atoms with Gasteiger partial charge in [-0.3, -0.25) is 5.32 Å². The summed E-state index contributed by atoms with van der Waals surface area (Å²) >= 11 is 0. The number of aliphatic hydroxyl groups is 2. The Bertz CT molecular complexity index is 166. The van der Waals surface area contributed by atoms with Crippen molar-refractivity contribution in [2.45, 2.75) is 26.3 Å². The molecular weight excluding hydrogens is 254 g/mol. The van der Waals surface area contributed by atoms with Crippen molar-refractivity contribution in [3.05, 3.63) is 0 Å². The van der Waals surface area contributed by atoms with Crippen LogP contribution in [0.25, 0.3) is 0 Å². The minimum absolute atomic E-state index is 0.0248. The molecule has 0 fully saturated rings. The maximum atomic E-state index is 8.51. The van der Waals surface area contributed by atoms with Crippen molar-refractivity contribution in [3.8, 4) is 0 Å². The van der Waals surface area contributed by atoms with E-state index in [2.05, 4.69) is 5.32 Å². The molecular formula is C12H27NO6. The van der Waals surface area contributed by atoms with E-state index >= 15 is 0 Å². The molecule has 0 aromatic carbocycles. The Balaban J connectivity index is 3.34. The summed E-state index contributed by atoms with van der Waals surface area (Å²) in [5.74, 6) is 0. The van der Waals surface area contributed by atoms with Gasteiger partial charge in [-0.25, -0.2) is 0 Å². The molecule has 0 rings (SSSR count). The van der Waals surface area contributed by atoms with Crippen LogP contribution in [0.2, 0.25) is 0 Å². The molecule has 3 N–H and O–H groups in total. The highest BCUT2D eigenvalue weighted by atomic mass is 16.6. The Morgan fingerprint density at radius 3 is 1.53 bits per heavy atom. The third-order valence-corrected chi connectivity index (χ3v) is 2.13. The average molecular weight is 281 g/mol.